The summed E-state index contributed by atoms with van der Waals surface area (Å²) >= 11 is 0. The molecule has 3 rings (SSSR count). The van der Waals surface area contributed by atoms with Crippen molar-refractivity contribution in [3.05, 3.63) is 29.3 Å². The Kier molecular flexibility index (Phi) is 3.76. The maximum Gasteiger partial charge on any atom is 0.122 e. The van der Waals surface area contributed by atoms with Crippen molar-refractivity contribution in [1.29, 1.82) is 0 Å². The van der Waals surface area contributed by atoms with Gasteiger partial charge in [0.25, 0.3) is 0 Å². The lowest BCUT2D eigenvalue weighted by atomic mass is 9.86. The first-order valence-electron chi connectivity index (χ1n) is 7.42. The highest BCUT2D eigenvalue weighted by atomic mass is 16.5. The van der Waals surface area contributed by atoms with E-state index in [1.54, 1.807) is 0 Å². The molecule has 0 radical (unpaired) electrons. The number of ether oxygens (including phenoxy) is 2. The summed E-state index contributed by atoms with van der Waals surface area (Å²) in [6.45, 7) is 3.87. The topological polar surface area (TPSA) is 44.5 Å². The minimum absolute atomic E-state index is 0.0830. The van der Waals surface area contributed by atoms with Crippen LogP contribution < -0.4 is 10.5 Å². The first-order chi connectivity index (χ1) is 9.29. The van der Waals surface area contributed by atoms with Crippen molar-refractivity contribution in [2.24, 2.45) is 11.7 Å². The third-order valence-electron chi connectivity index (χ3n) is 4.44. The van der Waals surface area contributed by atoms with Crippen LogP contribution >= 0.6 is 0 Å². The Morgan fingerprint density at radius 1 is 1.37 bits per heavy atom. The normalized spacial score (nSPS) is 27.7. The summed E-state index contributed by atoms with van der Waals surface area (Å²) < 4.78 is 11.4. The Morgan fingerprint density at radius 2 is 2.26 bits per heavy atom. The minimum atomic E-state index is 0.0830. The van der Waals surface area contributed by atoms with E-state index in [9.17, 15) is 0 Å². The zero-order valence-electron chi connectivity index (χ0n) is 11.6. The summed E-state index contributed by atoms with van der Waals surface area (Å²) in [6.07, 6.45) is 4.66. The number of fused-ring (bicyclic) bond motifs is 1. The van der Waals surface area contributed by atoms with E-state index in [2.05, 4.69) is 25.1 Å². The smallest absolute Gasteiger partial charge is 0.122 e. The molecule has 1 fully saturated rings. The fourth-order valence-electron chi connectivity index (χ4n) is 3.33. The third-order valence-corrected chi connectivity index (χ3v) is 4.44. The predicted molar refractivity (Wildman–Crippen MR) is 75.3 cm³/mol. The lowest BCUT2D eigenvalue weighted by Crippen LogP contribution is -2.28. The van der Waals surface area contributed by atoms with Gasteiger partial charge in [-0.25, -0.2) is 0 Å². The highest BCUT2D eigenvalue weighted by Crippen LogP contribution is 2.35. The summed E-state index contributed by atoms with van der Waals surface area (Å²) in [5, 5.41) is 0. The molecule has 3 unspecified atom stereocenters. The number of rotatable bonds is 3. The SMILES string of the molecule is CCC1OCCC1C(N)c1ccc2c(c1)CCCO2. The average molecular weight is 261 g/mol. The van der Waals surface area contributed by atoms with Gasteiger partial charge >= 0.3 is 0 Å². The standard InChI is InChI=1S/C16H23NO2/c1-2-14-13(7-9-19-14)16(17)12-5-6-15-11(10-12)4-3-8-18-15/h5-6,10,13-14,16H,2-4,7-9,17H2,1H3. The van der Waals surface area contributed by atoms with Gasteiger partial charge in [-0.1, -0.05) is 19.1 Å². The van der Waals surface area contributed by atoms with Gasteiger partial charge in [-0.15, -0.1) is 0 Å². The second-order valence-electron chi connectivity index (χ2n) is 5.61. The fourth-order valence-corrected chi connectivity index (χ4v) is 3.33. The van der Waals surface area contributed by atoms with E-state index in [1.807, 2.05) is 0 Å². The lowest BCUT2D eigenvalue weighted by Gasteiger charge is -2.25. The molecule has 0 bridgehead atoms. The van der Waals surface area contributed by atoms with E-state index >= 15 is 0 Å². The molecule has 0 aromatic heterocycles. The number of hydrogen-bond acceptors (Lipinski definition) is 3. The number of nitrogens with two attached hydrogens (primary N) is 1. The fraction of sp³-hybridized carbons (Fsp3) is 0.625. The van der Waals surface area contributed by atoms with Gasteiger partial charge in [0.15, 0.2) is 0 Å². The summed E-state index contributed by atoms with van der Waals surface area (Å²) in [7, 11) is 0. The molecular weight excluding hydrogens is 238 g/mol. The van der Waals surface area contributed by atoms with E-state index in [4.69, 9.17) is 15.2 Å². The largest absolute Gasteiger partial charge is 0.493 e. The molecular formula is C16H23NO2. The Morgan fingerprint density at radius 3 is 3.11 bits per heavy atom. The molecule has 104 valence electrons. The quantitative estimate of drug-likeness (QED) is 0.910. The van der Waals surface area contributed by atoms with Gasteiger partial charge in [-0.3, -0.25) is 0 Å². The number of hydrogen-bond donors (Lipinski definition) is 1. The van der Waals surface area contributed by atoms with Crippen molar-refractivity contribution < 1.29 is 9.47 Å². The average Bonchev–Trinajstić information content (AvgIpc) is 2.94. The van der Waals surface area contributed by atoms with Crippen molar-refractivity contribution in [2.45, 2.75) is 44.8 Å². The van der Waals surface area contributed by atoms with E-state index < -0.39 is 0 Å². The molecule has 3 nitrogen and oxygen atoms in total. The zero-order chi connectivity index (χ0) is 13.2. The van der Waals surface area contributed by atoms with Crippen LogP contribution in [0.2, 0.25) is 0 Å². The van der Waals surface area contributed by atoms with Crippen LogP contribution in [0.4, 0.5) is 0 Å². The van der Waals surface area contributed by atoms with Crippen molar-refractivity contribution in [3.8, 4) is 5.75 Å². The summed E-state index contributed by atoms with van der Waals surface area (Å²) in [6, 6.07) is 6.53. The maximum atomic E-state index is 6.48. The van der Waals surface area contributed by atoms with Crippen LogP contribution in [0.5, 0.6) is 5.75 Å². The highest BCUT2D eigenvalue weighted by Gasteiger charge is 2.32. The van der Waals surface area contributed by atoms with Crippen LogP contribution in [0.3, 0.4) is 0 Å². The molecule has 2 N–H and O–H groups in total. The summed E-state index contributed by atoms with van der Waals surface area (Å²) in [5.74, 6) is 1.49. The summed E-state index contributed by atoms with van der Waals surface area (Å²) in [4.78, 5) is 0. The zero-order valence-corrected chi connectivity index (χ0v) is 11.6. The molecule has 0 aliphatic carbocycles. The van der Waals surface area contributed by atoms with Gasteiger partial charge in [-0.05, 0) is 42.9 Å². The first-order valence-corrected chi connectivity index (χ1v) is 7.42. The van der Waals surface area contributed by atoms with Crippen LogP contribution in [-0.4, -0.2) is 19.3 Å². The second kappa shape index (κ2) is 5.51. The van der Waals surface area contributed by atoms with E-state index in [0.717, 1.165) is 44.6 Å². The number of benzene rings is 1. The van der Waals surface area contributed by atoms with Gasteiger partial charge in [-0.2, -0.15) is 0 Å². The molecule has 1 saturated heterocycles. The molecule has 19 heavy (non-hydrogen) atoms. The highest BCUT2D eigenvalue weighted by molar-refractivity contribution is 5.39. The van der Waals surface area contributed by atoms with Gasteiger partial charge in [0, 0.05) is 18.6 Å². The van der Waals surface area contributed by atoms with Crippen LogP contribution in [0, 0.1) is 5.92 Å². The minimum Gasteiger partial charge on any atom is -0.493 e. The Labute approximate surface area is 115 Å². The van der Waals surface area contributed by atoms with Gasteiger partial charge in [0.1, 0.15) is 5.75 Å². The lowest BCUT2D eigenvalue weighted by molar-refractivity contribution is 0.0813. The molecule has 1 aromatic carbocycles. The molecule has 0 spiro atoms. The molecule has 0 saturated carbocycles. The van der Waals surface area contributed by atoms with Gasteiger partial charge in [0.05, 0.1) is 12.7 Å². The van der Waals surface area contributed by atoms with Crippen molar-refractivity contribution in [1.82, 2.24) is 0 Å². The van der Waals surface area contributed by atoms with E-state index in [-0.39, 0.29) is 6.04 Å². The van der Waals surface area contributed by atoms with Crippen molar-refractivity contribution in [3.63, 3.8) is 0 Å². The van der Waals surface area contributed by atoms with Crippen molar-refractivity contribution >= 4 is 0 Å². The Balaban J connectivity index is 1.81. The van der Waals surface area contributed by atoms with Crippen LogP contribution in [0.1, 0.15) is 43.4 Å². The number of aryl methyl sites for hydroxylation is 1. The van der Waals surface area contributed by atoms with E-state index in [1.165, 1.54) is 11.1 Å². The second-order valence-corrected chi connectivity index (χ2v) is 5.61. The molecule has 2 heterocycles. The molecule has 2 aliphatic rings. The van der Waals surface area contributed by atoms with Gasteiger partial charge in [0.2, 0.25) is 0 Å². The van der Waals surface area contributed by atoms with Crippen LogP contribution in [0.15, 0.2) is 18.2 Å². The van der Waals surface area contributed by atoms with Crippen LogP contribution in [-0.2, 0) is 11.2 Å². The van der Waals surface area contributed by atoms with Crippen LogP contribution in [0.25, 0.3) is 0 Å². The summed E-state index contributed by atoms with van der Waals surface area (Å²) in [5.41, 5.74) is 9.02. The first kappa shape index (κ1) is 12.9. The molecule has 0 amide bonds. The Hall–Kier alpha value is -1.06. The molecule has 2 aliphatic heterocycles. The predicted octanol–water partition coefficient (Wildman–Crippen LogP) is 2.83. The van der Waals surface area contributed by atoms with Gasteiger partial charge < -0.3 is 15.2 Å². The molecule has 3 heteroatoms. The molecule has 3 atom stereocenters. The van der Waals surface area contributed by atoms with Crippen molar-refractivity contribution in [2.75, 3.05) is 13.2 Å². The van der Waals surface area contributed by atoms with E-state index in [0.29, 0.717) is 12.0 Å². The third kappa shape index (κ3) is 2.49. The monoisotopic (exact) mass is 261 g/mol. The molecule has 1 aromatic rings. The maximum absolute atomic E-state index is 6.48. The Bertz CT molecular complexity index is 446.